The van der Waals surface area contributed by atoms with Crippen molar-refractivity contribution in [1.29, 1.82) is 0 Å². The van der Waals surface area contributed by atoms with Crippen molar-refractivity contribution in [3.05, 3.63) is 58.4 Å². The molecular weight excluding hydrogens is 311 g/mol. The number of amides is 2. The van der Waals surface area contributed by atoms with Crippen LogP contribution in [0.25, 0.3) is 0 Å². The number of methoxy groups -OCH3 is 1. The van der Waals surface area contributed by atoms with Crippen LogP contribution in [0.2, 0.25) is 5.02 Å². The van der Waals surface area contributed by atoms with E-state index in [4.69, 9.17) is 22.1 Å². The average Bonchev–Trinajstić information content (AvgIpc) is 2.49. The minimum absolute atomic E-state index is 0.0408. The zero-order valence-corrected chi connectivity index (χ0v) is 12.3. The van der Waals surface area contributed by atoms with Gasteiger partial charge in [0, 0.05) is 10.6 Å². The van der Waals surface area contributed by atoms with Crippen LogP contribution in [0.1, 0.15) is 20.7 Å². The standard InChI is InChI=1S/C15H12ClFN2O3/c1-22-13-5-2-8(14(18)20)6-10(13)15(21)19-12-4-3-9(16)7-11(12)17/h2-7H,1H3,(H2,18,20)(H,19,21). The summed E-state index contributed by atoms with van der Waals surface area (Å²) < 4.78 is 18.8. The number of rotatable bonds is 4. The maximum atomic E-state index is 13.7. The van der Waals surface area contributed by atoms with Crippen LogP contribution >= 0.6 is 11.6 Å². The van der Waals surface area contributed by atoms with Gasteiger partial charge < -0.3 is 15.8 Å². The van der Waals surface area contributed by atoms with E-state index in [1.807, 2.05) is 0 Å². The van der Waals surface area contributed by atoms with Crippen molar-refractivity contribution in [2.75, 3.05) is 12.4 Å². The third-order valence-corrected chi connectivity index (χ3v) is 3.14. The predicted octanol–water partition coefficient (Wildman–Crippen LogP) is 2.84. The Kier molecular flexibility index (Phi) is 4.62. The fraction of sp³-hybridized carbons (Fsp3) is 0.0667. The number of halogens is 2. The summed E-state index contributed by atoms with van der Waals surface area (Å²) in [5.41, 5.74) is 5.35. The van der Waals surface area contributed by atoms with Crippen molar-refractivity contribution in [2.45, 2.75) is 0 Å². The molecule has 0 aromatic heterocycles. The van der Waals surface area contributed by atoms with Gasteiger partial charge in [-0.1, -0.05) is 11.6 Å². The summed E-state index contributed by atoms with van der Waals surface area (Å²) in [6.45, 7) is 0. The number of benzene rings is 2. The Labute approximate surface area is 130 Å². The summed E-state index contributed by atoms with van der Waals surface area (Å²) in [4.78, 5) is 23.5. The number of hydrogen-bond donors (Lipinski definition) is 2. The Morgan fingerprint density at radius 1 is 1.23 bits per heavy atom. The molecule has 0 heterocycles. The fourth-order valence-corrected chi connectivity index (χ4v) is 1.98. The minimum Gasteiger partial charge on any atom is -0.496 e. The predicted molar refractivity (Wildman–Crippen MR) is 80.9 cm³/mol. The highest BCUT2D eigenvalue weighted by atomic mass is 35.5. The second-order valence-corrected chi connectivity index (χ2v) is 4.79. The average molecular weight is 323 g/mol. The molecule has 5 nitrogen and oxygen atoms in total. The molecule has 0 spiro atoms. The van der Waals surface area contributed by atoms with Crippen LogP contribution in [0.15, 0.2) is 36.4 Å². The quantitative estimate of drug-likeness (QED) is 0.908. The molecule has 2 aromatic carbocycles. The molecule has 0 fully saturated rings. The Balaban J connectivity index is 2.35. The van der Waals surface area contributed by atoms with E-state index in [0.717, 1.165) is 6.07 Å². The molecule has 0 aliphatic heterocycles. The third kappa shape index (κ3) is 3.35. The number of hydrogen-bond acceptors (Lipinski definition) is 3. The van der Waals surface area contributed by atoms with Crippen molar-refractivity contribution >= 4 is 29.1 Å². The first-order chi connectivity index (χ1) is 10.4. The van der Waals surface area contributed by atoms with Gasteiger partial charge in [-0.25, -0.2) is 4.39 Å². The maximum absolute atomic E-state index is 13.7. The topological polar surface area (TPSA) is 81.4 Å². The summed E-state index contributed by atoms with van der Waals surface area (Å²) >= 11 is 5.65. The van der Waals surface area contributed by atoms with Gasteiger partial charge >= 0.3 is 0 Å². The van der Waals surface area contributed by atoms with Crippen molar-refractivity contribution in [2.24, 2.45) is 5.73 Å². The highest BCUT2D eigenvalue weighted by molar-refractivity contribution is 6.30. The van der Waals surface area contributed by atoms with Crippen molar-refractivity contribution < 1.29 is 18.7 Å². The van der Waals surface area contributed by atoms with E-state index in [1.165, 1.54) is 37.4 Å². The fourth-order valence-electron chi connectivity index (χ4n) is 1.82. The Morgan fingerprint density at radius 2 is 1.95 bits per heavy atom. The van der Waals surface area contributed by atoms with Gasteiger partial charge in [0.15, 0.2) is 0 Å². The third-order valence-electron chi connectivity index (χ3n) is 2.91. The van der Waals surface area contributed by atoms with E-state index < -0.39 is 17.6 Å². The molecule has 0 aliphatic rings. The van der Waals surface area contributed by atoms with Crippen molar-refractivity contribution in [1.82, 2.24) is 0 Å². The summed E-state index contributed by atoms with van der Waals surface area (Å²) in [6.07, 6.45) is 0. The van der Waals surface area contributed by atoms with Gasteiger partial charge in [0.2, 0.25) is 5.91 Å². The smallest absolute Gasteiger partial charge is 0.259 e. The van der Waals surface area contributed by atoms with Crippen molar-refractivity contribution in [3.63, 3.8) is 0 Å². The van der Waals surface area contributed by atoms with Crippen LogP contribution in [0.3, 0.4) is 0 Å². The Hall–Kier alpha value is -2.60. The van der Waals surface area contributed by atoms with E-state index in [0.29, 0.717) is 0 Å². The SMILES string of the molecule is COc1ccc(C(N)=O)cc1C(=O)Nc1ccc(Cl)cc1F. The molecule has 7 heteroatoms. The van der Waals surface area contributed by atoms with Crippen LogP contribution < -0.4 is 15.8 Å². The van der Waals surface area contributed by atoms with Crippen LogP contribution in [0.5, 0.6) is 5.75 Å². The number of nitrogens with two attached hydrogens (primary N) is 1. The first-order valence-electron chi connectivity index (χ1n) is 6.16. The lowest BCUT2D eigenvalue weighted by atomic mass is 10.1. The Bertz CT molecular complexity index is 750. The van der Waals surface area contributed by atoms with E-state index in [2.05, 4.69) is 5.32 Å². The highest BCUT2D eigenvalue weighted by Crippen LogP contribution is 2.23. The molecule has 22 heavy (non-hydrogen) atoms. The van der Waals surface area contributed by atoms with E-state index in [1.54, 1.807) is 0 Å². The van der Waals surface area contributed by atoms with Crippen LogP contribution in [0.4, 0.5) is 10.1 Å². The van der Waals surface area contributed by atoms with E-state index >= 15 is 0 Å². The number of carbonyl (C=O) groups excluding carboxylic acids is 2. The number of carbonyl (C=O) groups is 2. The highest BCUT2D eigenvalue weighted by Gasteiger charge is 2.16. The van der Waals surface area contributed by atoms with Crippen LogP contribution in [-0.4, -0.2) is 18.9 Å². The lowest BCUT2D eigenvalue weighted by Crippen LogP contribution is -2.17. The summed E-state index contributed by atoms with van der Waals surface area (Å²) in [5.74, 6) is -1.77. The van der Waals surface area contributed by atoms with Gasteiger partial charge in [-0.15, -0.1) is 0 Å². The van der Waals surface area contributed by atoms with Gasteiger partial charge in [-0.2, -0.15) is 0 Å². The molecular formula is C15H12ClFN2O3. The van der Waals surface area contributed by atoms with E-state index in [-0.39, 0.29) is 27.6 Å². The Morgan fingerprint density at radius 3 is 2.55 bits per heavy atom. The first-order valence-corrected chi connectivity index (χ1v) is 6.54. The maximum Gasteiger partial charge on any atom is 0.259 e. The molecule has 0 saturated carbocycles. The molecule has 2 aromatic rings. The lowest BCUT2D eigenvalue weighted by Gasteiger charge is -2.11. The normalized spacial score (nSPS) is 10.1. The summed E-state index contributed by atoms with van der Waals surface area (Å²) in [6, 6.07) is 8.00. The van der Waals surface area contributed by atoms with Gasteiger partial charge in [-0.3, -0.25) is 9.59 Å². The van der Waals surface area contributed by atoms with Gasteiger partial charge in [-0.05, 0) is 36.4 Å². The van der Waals surface area contributed by atoms with Gasteiger partial charge in [0.1, 0.15) is 11.6 Å². The minimum atomic E-state index is -0.686. The molecule has 3 N–H and O–H groups in total. The molecule has 2 rings (SSSR count). The molecule has 0 unspecified atom stereocenters. The number of anilines is 1. The lowest BCUT2D eigenvalue weighted by molar-refractivity contribution is 0.1000. The van der Waals surface area contributed by atoms with Gasteiger partial charge in [0.05, 0.1) is 18.4 Å². The van der Waals surface area contributed by atoms with Gasteiger partial charge in [0.25, 0.3) is 5.91 Å². The molecule has 0 aliphatic carbocycles. The molecule has 0 saturated heterocycles. The second kappa shape index (κ2) is 6.44. The molecule has 0 atom stereocenters. The molecule has 2 amide bonds. The number of primary amides is 1. The zero-order valence-electron chi connectivity index (χ0n) is 11.5. The monoisotopic (exact) mass is 322 g/mol. The van der Waals surface area contributed by atoms with Crippen LogP contribution in [-0.2, 0) is 0 Å². The van der Waals surface area contributed by atoms with Crippen LogP contribution in [0, 0.1) is 5.82 Å². The molecule has 0 radical (unpaired) electrons. The van der Waals surface area contributed by atoms with E-state index in [9.17, 15) is 14.0 Å². The molecule has 114 valence electrons. The summed E-state index contributed by atoms with van der Waals surface area (Å²) in [7, 11) is 1.37. The number of nitrogens with one attached hydrogen (secondary N) is 1. The summed E-state index contributed by atoms with van der Waals surface area (Å²) in [5, 5.41) is 2.60. The zero-order chi connectivity index (χ0) is 16.3. The largest absolute Gasteiger partial charge is 0.496 e. The second-order valence-electron chi connectivity index (χ2n) is 4.36. The molecule has 0 bridgehead atoms. The van der Waals surface area contributed by atoms with Crippen molar-refractivity contribution in [3.8, 4) is 5.75 Å². The number of ether oxygens (including phenoxy) is 1. The first kappa shape index (κ1) is 15.8.